The van der Waals surface area contributed by atoms with Gasteiger partial charge in [0.2, 0.25) is 5.91 Å². The normalized spacial score (nSPS) is 15.4. The van der Waals surface area contributed by atoms with Crippen LogP contribution in [0.1, 0.15) is 11.6 Å². The number of hydrogen-bond acceptors (Lipinski definition) is 5. The molecule has 1 atom stereocenters. The highest BCUT2D eigenvalue weighted by Gasteiger charge is 2.33. The van der Waals surface area contributed by atoms with E-state index < -0.39 is 11.2 Å². The van der Waals surface area contributed by atoms with Gasteiger partial charge in [-0.25, -0.2) is 9.78 Å². The van der Waals surface area contributed by atoms with Gasteiger partial charge in [0.1, 0.15) is 18.9 Å². The molecule has 0 aliphatic carbocycles. The van der Waals surface area contributed by atoms with Gasteiger partial charge in [0.15, 0.2) is 11.2 Å². The van der Waals surface area contributed by atoms with Gasteiger partial charge < -0.3 is 9.30 Å². The summed E-state index contributed by atoms with van der Waals surface area (Å²) >= 11 is 0. The Kier molecular flexibility index (Phi) is 4.66. The number of benzene rings is 2. The second-order valence-corrected chi connectivity index (χ2v) is 7.72. The summed E-state index contributed by atoms with van der Waals surface area (Å²) in [6.07, 6.45) is 1.42. The van der Waals surface area contributed by atoms with Crippen molar-refractivity contribution >= 4 is 22.8 Å². The van der Waals surface area contributed by atoms with Crippen LogP contribution in [0.5, 0.6) is 5.75 Å². The lowest BCUT2D eigenvalue weighted by atomic mass is 10.0. The van der Waals surface area contributed by atoms with E-state index in [1.807, 2.05) is 54.6 Å². The standard InChI is InChI=1S/C23H21N5O4/c1-25-21-20(22(30)26(2)23(25)31)27(14-24-21)12-19(29)28-16-10-6-7-11-18(16)32-13-17(28)15-8-4-3-5-9-15/h3-11,14,17H,12-13H2,1-2H3/t17-/m0/s1. The molecule has 0 radical (unpaired) electrons. The molecular formula is C23H21N5O4. The monoisotopic (exact) mass is 431 g/mol. The molecule has 0 spiro atoms. The summed E-state index contributed by atoms with van der Waals surface area (Å²) < 4.78 is 9.75. The number of carbonyl (C=O) groups is 1. The fraction of sp³-hybridized carbons (Fsp3) is 0.217. The second-order valence-electron chi connectivity index (χ2n) is 7.72. The first kappa shape index (κ1) is 19.8. The van der Waals surface area contributed by atoms with E-state index in [2.05, 4.69) is 4.98 Å². The quantitative estimate of drug-likeness (QED) is 0.491. The topological polar surface area (TPSA) is 91.4 Å². The number of aryl methyl sites for hydroxylation is 1. The number of imidazole rings is 1. The Labute approximate surface area is 182 Å². The van der Waals surface area contributed by atoms with Crippen molar-refractivity contribution in [3.05, 3.63) is 87.3 Å². The molecule has 2 aromatic heterocycles. The van der Waals surface area contributed by atoms with Crippen molar-refractivity contribution in [2.45, 2.75) is 12.6 Å². The molecule has 2 aromatic carbocycles. The van der Waals surface area contributed by atoms with Gasteiger partial charge in [-0.3, -0.25) is 23.6 Å². The van der Waals surface area contributed by atoms with E-state index in [0.717, 1.165) is 10.1 Å². The smallest absolute Gasteiger partial charge is 0.332 e. The van der Waals surface area contributed by atoms with Crippen molar-refractivity contribution in [3.63, 3.8) is 0 Å². The molecule has 0 N–H and O–H groups in total. The van der Waals surface area contributed by atoms with Crippen LogP contribution in [-0.4, -0.2) is 31.2 Å². The largest absolute Gasteiger partial charge is 0.489 e. The van der Waals surface area contributed by atoms with Gasteiger partial charge in [-0.15, -0.1) is 0 Å². The Morgan fingerprint density at radius 3 is 2.53 bits per heavy atom. The van der Waals surface area contributed by atoms with Crippen LogP contribution in [0.3, 0.4) is 0 Å². The van der Waals surface area contributed by atoms with E-state index in [-0.39, 0.29) is 29.7 Å². The molecule has 162 valence electrons. The Bertz CT molecular complexity index is 1450. The minimum Gasteiger partial charge on any atom is -0.489 e. The first-order valence-electron chi connectivity index (χ1n) is 10.2. The zero-order valence-corrected chi connectivity index (χ0v) is 17.6. The van der Waals surface area contributed by atoms with Gasteiger partial charge in [-0.2, -0.15) is 0 Å². The Morgan fingerprint density at radius 2 is 1.75 bits per heavy atom. The highest BCUT2D eigenvalue weighted by molar-refractivity contribution is 5.96. The van der Waals surface area contributed by atoms with Gasteiger partial charge in [-0.1, -0.05) is 42.5 Å². The molecule has 1 aliphatic heterocycles. The average molecular weight is 431 g/mol. The number of ether oxygens (including phenoxy) is 1. The van der Waals surface area contributed by atoms with Crippen LogP contribution >= 0.6 is 0 Å². The second kappa shape index (κ2) is 7.52. The van der Waals surface area contributed by atoms with Crippen molar-refractivity contribution in [1.82, 2.24) is 18.7 Å². The molecule has 1 aliphatic rings. The fourth-order valence-corrected chi connectivity index (χ4v) is 4.16. The number of fused-ring (bicyclic) bond motifs is 2. The van der Waals surface area contributed by atoms with Gasteiger partial charge in [0.05, 0.1) is 18.1 Å². The molecule has 0 saturated carbocycles. The number of aromatic nitrogens is 4. The lowest BCUT2D eigenvalue weighted by Crippen LogP contribution is -2.43. The van der Waals surface area contributed by atoms with Crippen LogP contribution in [0.2, 0.25) is 0 Å². The molecule has 0 saturated heterocycles. The molecule has 0 unspecified atom stereocenters. The summed E-state index contributed by atoms with van der Waals surface area (Å²) in [5.74, 6) is 0.409. The van der Waals surface area contributed by atoms with Gasteiger partial charge in [0.25, 0.3) is 5.56 Å². The molecule has 32 heavy (non-hydrogen) atoms. The third-order valence-corrected chi connectivity index (χ3v) is 5.81. The first-order chi connectivity index (χ1) is 15.5. The van der Waals surface area contributed by atoms with Crippen molar-refractivity contribution < 1.29 is 9.53 Å². The molecule has 1 amide bonds. The van der Waals surface area contributed by atoms with E-state index in [1.54, 1.807) is 11.9 Å². The van der Waals surface area contributed by atoms with E-state index in [0.29, 0.717) is 18.0 Å². The van der Waals surface area contributed by atoms with E-state index >= 15 is 0 Å². The van der Waals surface area contributed by atoms with E-state index in [1.165, 1.54) is 22.5 Å². The zero-order valence-electron chi connectivity index (χ0n) is 17.6. The lowest BCUT2D eigenvalue weighted by molar-refractivity contribution is -0.120. The summed E-state index contributed by atoms with van der Waals surface area (Å²) in [6.45, 7) is 0.204. The van der Waals surface area contributed by atoms with Crippen LogP contribution in [-0.2, 0) is 25.4 Å². The number of rotatable bonds is 3. The molecule has 9 nitrogen and oxygen atoms in total. The van der Waals surface area contributed by atoms with Crippen molar-refractivity contribution in [2.24, 2.45) is 14.1 Å². The van der Waals surface area contributed by atoms with Crippen LogP contribution in [0.25, 0.3) is 11.2 Å². The number of nitrogens with zero attached hydrogens (tertiary/aromatic N) is 5. The van der Waals surface area contributed by atoms with Crippen LogP contribution in [0.4, 0.5) is 5.69 Å². The van der Waals surface area contributed by atoms with Crippen molar-refractivity contribution in [1.29, 1.82) is 0 Å². The third kappa shape index (κ3) is 3.01. The fourth-order valence-electron chi connectivity index (χ4n) is 4.16. The van der Waals surface area contributed by atoms with Gasteiger partial charge in [0, 0.05) is 14.1 Å². The molecule has 4 aromatic rings. The maximum Gasteiger partial charge on any atom is 0.332 e. The van der Waals surface area contributed by atoms with E-state index in [4.69, 9.17) is 4.74 Å². The van der Waals surface area contributed by atoms with Crippen molar-refractivity contribution in [3.8, 4) is 5.75 Å². The summed E-state index contributed by atoms with van der Waals surface area (Å²) in [7, 11) is 2.96. The highest BCUT2D eigenvalue weighted by atomic mass is 16.5. The molecule has 0 fully saturated rings. The van der Waals surface area contributed by atoms with Crippen LogP contribution in [0.15, 0.2) is 70.5 Å². The molecular weight excluding hydrogens is 410 g/mol. The number of hydrogen-bond donors (Lipinski definition) is 0. The molecule has 5 rings (SSSR count). The maximum atomic E-state index is 13.6. The highest BCUT2D eigenvalue weighted by Crippen LogP contribution is 2.39. The Balaban J connectivity index is 1.60. The number of anilines is 1. The molecule has 0 bridgehead atoms. The number of carbonyl (C=O) groups excluding carboxylic acids is 1. The van der Waals surface area contributed by atoms with Crippen molar-refractivity contribution in [2.75, 3.05) is 11.5 Å². The minimum atomic E-state index is -0.490. The van der Waals surface area contributed by atoms with Crippen LogP contribution < -0.4 is 20.9 Å². The Morgan fingerprint density at radius 1 is 1.03 bits per heavy atom. The summed E-state index contributed by atoms with van der Waals surface area (Å²) in [4.78, 5) is 44.6. The predicted molar refractivity (Wildman–Crippen MR) is 119 cm³/mol. The third-order valence-electron chi connectivity index (χ3n) is 5.81. The summed E-state index contributed by atoms with van der Waals surface area (Å²) in [5, 5.41) is 0. The van der Waals surface area contributed by atoms with Gasteiger partial charge in [-0.05, 0) is 17.7 Å². The molecule has 9 heteroatoms. The molecule has 3 heterocycles. The number of para-hydroxylation sites is 2. The summed E-state index contributed by atoms with van der Waals surface area (Å²) in [6, 6.07) is 16.8. The van der Waals surface area contributed by atoms with Crippen LogP contribution in [0, 0.1) is 0 Å². The summed E-state index contributed by atoms with van der Waals surface area (Å²) in [5.41, 5.74) is 1.11. The first-order valence-corrected chi connectivity index (χ1v) is 10.2. The number of amides is 1. The zero-order chi connectivity index (χ0) is 22.4. The lowest BCUT2D eigenvalue weighted by Gasteiger charge is -2.37. The Hall–Kier alpha value is -4.14. The SMILES string of the molecule is Cn1c(=O)c2c(ncn2CC(=O)N2c3ccccc3OC[C@H]2c2ccccc2)n(C)c1=O. The average Bonchev–Trinajstić information content (AvgIpc) is 3.24. The van der Waals surface area contributed by atoms with E-state index in [9.17, 15) is 14.4 Å². The maximum absolute atomic E-state index is 13.6. The predicted octanol–water partition coefficient (Wildman–Crippen LogP) is 1.60. The minimum absolute atomic E-state index is 0.110. The van der Waals surface area contributed by atoms with Gasteiger partial charge >= 0.3 is 5.69 Å².